The lowest BCUT2D eigenvalue weighted by Crippen LogP contribution is -2.51. The van der Waals surface area contributed by atoms with Crippen LogP contribution in [0.2, 0.25) is 0 Å². The van der Waals surface area contributed by atoms with Gasteiger partial charge in [-0.15, -0.1) is 0 Å². The van der Waals surface area contributed by atoms with Crippen molar-refractivity contribution < 1.29 is 0 Å². The number of para-hydroxylation sites is 1. The maximum atomic E-state index is 3.69. The van der Waals surface area contributed by atoms with E-state index in [0.29, 0.717) is 5.92 Å². The molecule has 0 radical (unpaired) electrons. The fourth-order valence-electron chi connectivity index (χ4n) is 5.73. The normalized spacial score (nSPS) is 18.5. The Labute approximate surface area is 204 Å². The van der Waals surface area contributed by atoms with Crippen molar-refractivity contribution in [3.05, 3.63) is 96.1 Å². The van der Waals surface area contributed by atoms with Crippen molar-refractivity contribution in [1.29, 1.82) is 0 Å². The van der Waals surface area contributed by atoms with Gasteiger partial charge in [0.15, 0.2) is 0 Å². The molecule has 1 aromatic heterocycles. The number of nitrogens with one attached hydrogen (secondary N) is 1. The van der Waals surface area contributed by atoms with Crippen molar-refractivity contribution in [3.8, 4) is 11.3 Å². The lowest BCUT2D eigenvalue weighted by atomic mass is 9.79. The zero-order chi connectivity index (χ0) is 23.5. The van der Waals surface area contributed by atoms with Crippen LogP contribution in [0.1, 0.15) is 43.7 Å². The van der Waals surface area contributed by atoms with Gasteiger partial charge in [-0.3, -0.25) is 4.90 Å². The van der Waals surface area contributed by atoms with Crippen LogP contribution in [0.4, 0.5) is 0 Å². The van der Waals surface area contributed by atoms with E-state index in [9.17, 15) is 0 Å². The van der Waals surface area contributed by atoms with Crippen molar-refractivity contribution >= 4 is 10.9 Å². The highest BCUT2D eigenvalue weighted by Crippen LogP contribution is 2.37. The van der Waals surface area contributed by atoms with Gasteiger partial charge in [-0.2, -0.15) is 0 Å². The second-order valence-corrected chi connectivity index (χ2v) is 10.5. The van der Waals surface area contributed by atoms with Crippen LogP contribution >= 0.6 is 0 Å². The Hall–Kier alpha value is -2.88. The summed E-state index contributed by atoms with van der Waals surface area (Å²) in [5, 5.41) is 1.33. The van der Waals surface area contributed by atoms with E-state index in [-0.39, 0.29) is 5.54 Å². The largest absolute Gasteiger partial charge is 0.354 e. The van der Waals surface area contributed by atoms with Gasteiger partial charge in [-0.1, -0.05) is 78.9 Å². The first-order valence-corrected chi connectivity index (χ1v) is 12.6. The van der Waals surface area contributed by atoms with E-state index in [0.717, 1.165) is 19.6 Å². The van der Waals surface area contributed by atoms with E-state index in [2.05, 4.69) is 121 Å². The number of likely N-dealkylation sites (N-methyl/N-ethyl adjacent to an activating group) is 1. The van der Waals surface area contributed by atoms with Crippen LogP contribution in [-0.4, -0.2) is 47.0 Å². The predicted octanol–water partition coefficient (Wildman–Crippen LogP) is 6.92. The van der Waals surface area contributed by atoms with Gasteiger partial charge in [-0.25, -0.2) is 0 Å². The molecule has 3 heteroatoms. The molecule has 4 aromatic rings. The smallest absolute Gasteiger partial charge is 0.0510 e. The lowest BCUT2D eigenvalue weighted by Gasteiger charge is -2.46. The summed E-state index contributed by atoms with van der Waals surface area (Å²) in [5.41, 5.74) is 6.83. The zero-order valence-electron chi connectivity index (χ0n) is 20.8. The Morgan fingerprint density at radius 1 is 0.912 bits per heavy atom. The Morgan fingerprint density at radius 2 is 1.59 bits per heavy atom. The minimum atomic E-state index is 0.218. The molecule has 176 valence electrons. The highest BCUT2D eigenvalue weighted by atomic mass is 15.2. The summed E-state index contributed by atoms with van der Waals surface area (Å²) < 4.78 is 0. The Balaban J connectivity index is 1.27. The van der Waals surface area contributed by atoms with Crippen LogP contribution in [0.3, 0.4) is 0 Å². The van der Waals surface area contributed by atoms with E-state index < -0.39 is 0 Å². The van der Waals surface area contributed by atoms with E-state index in [4.69, 9.17) is 0 Å². The number of piperidine rings is 1. The Bertz CT molecular complexity index is 1210. The van der Waals surface area contributed by atoms with E-state index in [1.807, 2.05) is 0 Å². The summed E-state index contributed by atoms with van der Waals surface area (Å²) in [5.74, 6) is 0.671. The SMILES string of the molecule is CN(CCN1CCC(c2ccccc2)CC1(C)C)Cc1c(-c2ccccc2)[nH]c2ccccc12. The highest BCUT2D eigenvalue weighted by molar-refractivity contribution is 5.90. The highest BCUT2D eigenvalue weighted by Gasteiger charge is 2.35. The van der Waals surface area contributed by atoms with Crippen molar-refractivity contribution in [1.82, 2.24) is 14.8 Å². The van der Waals surface area contributed by atoms with Gasteiger partial charge in [0.05, 0.1) is 5.69 Å². The number of likely N-dealkylation sites (tertiary alicyclic amines) is 1. The second kappa shape index (κ2) is 9.77. The van der Waals surface area contributed by atoms with Gasteiger partial charge in [0.1, 0.15) is 0 Å². The van der Waals surface area contributed by atoms with Gasteiger partial charge in [0, 0.05) is 36.1 Å². The minimum Gasteiger partial charge on any atom is -0.354 e. The average Bonchev–Trinajstić information content (AvgIpc) is 3.22. The third-order valence-electron chi connectivity index (χ3n) is 7.68. The van der Waals surface area contributed by atoms with Crippen LogP contribution in [0.5, 0.6) is 0 Å². The van der Waals surface area contributed by atoms with Gasteiger partial charge in [-0.05, 0) is 69.0 Å². The number of hydrogen-bond donors (Lipinski definition) is 1. The van der Waals surface area contributed by atoms with E-state index in [1.54, 1.807) is 0 Å². The van der Waals surface area contributed by atoms with Crippen LogP contribution in [0.15, 0.2) is 84.9 Å². The Morgan fingerprint density at radius 3 is 2.32 bits per heavy atom. The Kier molecular flexibility index (Phi) is 6.58. The van der Waals surface area contributed by atoms with Crippen LogP contribution in [-0.2, 0) is 6.54 Å². The standard InChI is InChI=1S/C31H37N3/c1-31(2)22-26(24-12-6-4-7-13-24)18-19-34(31)21-20-33(3)23-28-27-16-10-11-17-29(27)32-30(28)25-14-8-5-9-15-25/h4-17,26,32H,18-23H2,1-3H3. The van der Waals surface area contributed by atoms with Crippen molar-refractivity contribution in [3.63, 3.8) is 0 Å². The molecule has 1 aliphatic rings. The van der Waals surface area contributed by atoms with Crippen molar-refractivity contribution in [2.75, 3.05) is 26.7 Å². The summed E-state index contributed by atoms with van der Waals surface area (Å²) in [6.45, 7) is 9.13. The number of nitrogens with zero attached hydrogens (tertiary/aromatic N) is 2. The van der Waals surface area contributed by atoms with Gasteiger partial charge < -0.3 is 9.88 Å². The van der Waals surface area contributed by atoms with Gasteiger partial charge >= 0.3 is 0 Å². The molecule has 0 saturated carbocycles. The molecular weight excluding hydrogens is 414 g/mol. The molecule has 0 spiro atoms. The molecule has 3 nitrogen and oxygen atoms in total. The summed E-state index contributed by atoms with van der Waals surface area (Å²) in [6, 6.07) is 30.5. The first-order valence-electron chi connectivity index (χ1n) is 12.6. The number of H-pyrrole nitrogens is 1. The maximum Gasteiger partial charge on any atom is 0.0510 e. The maximum absolute atomic E-state index is 3.69. The number of hydrogen-bond acceptors (Lipinski definition) is 2. The first-order chi connectivity index (χ1) is 16.5. The fourth-order valence-corrected chi connectivity index (χ4v) is 5.73. The van der Waals surface area contributed by atoms with Crippen molar-refractivity contribution in [2.45, 2.75) is 44.7 Å². The third-order valence-corrected chi connectivity index (χ3v) is 7.68. The fraction of sp³-hybridized carbons (Fsp3) is 0.355. The topological polar surface area (TPSA) is 22.3 Å². The molecule has 34 heavy (non-hydrogen) atoms. The molecule has 1 atom stereocenters. The molecule has 3 aromatic carbocycles. The molecular formula is C31H37N3. The van der Waals surface area contributed by atoms with E-state index >= 15 is 0 Å². The second-order valence-electron chi connectivity index (χ2n) is 10.5. The number of rotatable bonds is 7. The van der Waals surface area contributed by atoms with Crippen LogP contribution in [0, 0.1) is 0 Å². The third kappa shape index (κ3) is 4.82. The molecule has 0 aliphatic carbocycles. The number of benzene rings is 3. The van der Waals surface area contributed by atoms with Crippen LogP contribution < -0.4 is 0 Å². The zero-order valence-corrected chi connectivity index (χ0v) is 20.8. The molecule has 1 aliphatic heterocycles. The molecule has 1 unspecified atom stereocenters. The minimum absolute atomic E-state index is 0.218. The number of aromatic amines is 1. The monoisotopic (exact) mass is 451 g/mol. The van der Waals surface area contributed by atoms with Gasteiger partial charge in [0.25, 0.3) is 0 Å². The number of aromatic nitrogens is 1. The molecule has 1 N–H and O–H groups in total. The quantitative estimate of drug-likeness (QED) is 0.329. The summed E-state index contributed by atoms with van der Waals surface area (Å²) in [6.07, 6.45) is 2.47. The molecule has 1 saturated heterocycles. The molecule has 0 amide bonds. The average molecular weight is 452 g/mol. The lowest BCUT2D eigenvalue weighted by molar-refractivity contribution is 0.0566. The first kappa shape index (κ1) is 22.9. The predicted molar refractivity (Wildman–Crippen MR) is 144 cm³/mol. The number of fused-ring (bicyclic) bond motifs is 1. The van der Waals surface area contributed by atoms with Gasteiger partial charge in [0.2, 0.25) is 0 Å². The molecule has 0 bridgehead atoms. The summed E-state index contributed by atoms with van der Waals surface area (Å²) in [7, 11) is 2.26. The van der Waals surface area contributed by atoms with Crippen LogP contribution in [0.25, 0.3) is 22.2 Å². The van der Waals surface area contributed by atoms with E-state index in [1.165, 1.54) is 52.7 Å². The summed E-state index contributed by atoms with van der Waals surface area (Å²) in [4.78, 5) is 8.88. The van der Waals surface area contributed by atoms with Crippen molar-refractivity contribution in [2.24, 2.45) is 0 Å². The summed E-state index contributed by atoms with van der Waals surface area (Å²) >= 11 is 0. The molecule has 2 heterocycles. The molecule has 1 fully saturated rings. The molecule has 5 rings (SSSR count).